The Morgan fingerprint density at radius 2 is 1.96 bits per heavy atom. The predicted octanol–water partition coefficient (Wildman–Crippen LogP) is 2.60. The summed E-state index contributed by atoms with van der Waals surface area (Å²) in [6.07, 6.45) is 4.12. The molecule has 0 unspecified atom stereocenters. The minimum atomic E-state index is -0.0117. The first-order valence-corrected chi connectivity index (χ1v) is 8.45. The molecule has 0 aliphatic heterocycles. The maximum Gasteiger partial charge on any atom is 0.226 e. The molecule has 130 valence electrons. The third kappa shape index (κ3) is 4.25. The zero-order valence-electron chi connectivity index (χ0n) is 14.9. The molecular weight excluding hydrogens is 312 g/mol. The van der Waals surface area contributed by atoms with Crippen molar-refractivity contribution in [1.82, 2.24) is 19.6 Å². The van der Waals surface area contributed by atoms with Crippen LogP contribution in [0.3, 0.4) is 0 Å². The second-order valence-electron chi connectivity index (χ2n) is 6.57. The number of rotatable bonds is 6. The molecule has 3 aromatic rings. The van der Waals surface area contributed by atoms with Gasteiger partial charge in [-0.25, -0.2) is 4.98 Å². The van der Waals surface area contributed by atoms with Crippen LogP contribution in [0.2, 0.25) is 0 Å². The lowest BCUT2D eigenvalue weighted by molar-refractivity contribution is -0.120. The number of fused-ring (bicyclic) bond motifs is 1. The van der Waals surface area contributed by atoms with Gasteiger partial charge in [-0.3, -0.25) is 4.79 Å². The van der Waals surface area contributed by atoms with Crippen molar-refractivity contribution in [2.45, 2.75) is 19.4 Å². The van der Waals surface area contributed by atoms with Crippen LogP contribution in [0.25, 0.3) is 5.65 Å². The molecule has 0 saturated carbocycles. The van der Waals surface area contributed by atoms with Gasteiger partial charge in [0.25, 0.3) is 0 Å². The van der Waals surface area contributed by atoms with Crippen molar-refractivity contribution in [3.05, 3.63) is 71.7 Å². The van der Waals surface area contributed by atoms with Crippen LogP contribution in [-0.2, 0) is 11.2 Å². The van der Waals surface area contributed by atoms with Gasteiger partial charge < -0.3 is 14.6 Å². The first kappa shape index (κ1) is 17.2. The van der Waals surface area contributed by atoms with E-state index in [0.29, 0.717) is 6.54 Å². The number of aromatic nitrogens is 2. The van der Waals surface area contributed by atoms with Crippen LogP contribution in [0.5, 0.6) is 0 Å². The lowest BCUT2D eigenvalue weighted by Gasteiger charge is -2.25. The van der Waals surface area contributed by atoms with Crippen molar-refractivity contribution in [1.29, 1.82) is 0 Å². The Kier molecular flexibility index (Phi) is 5.14. The number of carbonyl (C=O) groups is 1. The number of hydrogen-bond acceptors (Lipinski definition) is 3. The predicted molar refractivity (Wildman–Crippen MR) is 99.5 cm³/mol. The molecule has 5 nitrogen and oxygen atoms in total. The van der Waals surface area contributed by atoms with E-state index in [1.807, 2.05) is 49.1 Å². The number of pyridine rings is 1. The smallest absolute Gasteiger partial charge is 0.226 e. The van der Waals surface area contributed by atoms with E-state index in [0.717, 1.165) is 11.3 Å². The lowest BCUT2D eigenvalue weighted by Crippen LogP contribution is -2.35. The van der Waals surface area contributed by atoms with Crippen molar-refractivity contribution < 1.29 is 4.79 Å². The van der Waals surface area contributed by atoms with Crippen LogP contribution in [0.4, 0.5) is 0 Å². The summed E-state index contributed by atoms with van der Waals surface area (Å²) in [6.45, 7) is 2.65. The van der Waals surface area contributed by atoms with Gasteiger partial charge >= 0.3 is 0 Å². The number of carbonyl (C=O) groups excluding carboxylic acids is 1. The van der Waals surface area contributed by atoms with Crippen LogP contribution in [0.15, 0.2) is 54.9 Å². The van der Waals surface area contributed by atoms with Gasteiger partial charge in [0.05, 0.1) is 18.2 Å². The zero-order valence-corrected chi connectivity index (χ0v) is 14.9. The van der Waals surface area contributed by atoms with Gasteiger partial charge in [-0.1, -0.05) is 35.9 Å². The Morgan fingerprint density at radius 3 is 2.64 bits per heavy atom. The average Bonchev–Trinajstić information content (AvgIpc) is 2.98. The van der Waals surface area contributed by atoms with Gasteiger partial charge in [0.2, 0.25) is 5.91 Å². The fourth-order valence-corrected chi connectivity index (χ4v) is 2.90. The van der Waals surface area contributed by atoms with E-state index in [4.69, 9.17) is 0 Å². The highest BCUT2D eigenvalue weighted by molar-refractivity contribution is 5.78. The highest BCUT2D eigenvalue weighted by Crippen LogP contribution is 2.18. The lowest BCUT2D eigenvalue weighted by atomic mass is 10.0. The number of likely N-dealkylation sites (N-methyl/N-ethyl adjacent to an activating group) is 1. The number of imidazole rings is 1. The summed E-state index contributed by atoms with van der Waals surface area (Å²) < 4.78 is 1.93. The second-order valence-corrected chi connectivity index (χ2v) is 6.57. The number of hydrogen-bond donors (Lipinski definition) is 1. The van der Waals surface area contributed by atoms with Gasteiger partial charge in [-0.15, -0.1) is 0 Å². The molecule has 2 heterocycles. The van der Waals surface area contributed by atoms with Crippen LogP contribution in [0.1, 0.15) is 22.9 Å². The quantitative estimate of drug-likeness (QED) is 0.753. The SMILES string of the molecule is Cc1ccc([C@H](CNC(=O)Cc2cn3ccccc3n2)N(C)C)cc1. The van der Waals surface area contributed by atoms with Gasteiger partial charge in [-0.05, 0) is 38.7 Å². The molecule has 0 spiro atoms. The summed E-state index contributed by atoms with van der Waals surface area (Å²) in [7, 11) is 4.05. The Labute approximate surface area is 148 Å². The molecule has 1 aromatic carbocycles. The molecule has 2 aromatic heterocycles. The zero-order chi connectivity index (χ0) is 17.8. The minimum Gasteiger partial charge on any atom is -0.354 e. The molecule has 0 bridgehead atoms. The molecule has 1 N–H and O–H groups in total. The topological polar surface area (TPSA) is 49.6 Å². The van der Waals surface area contributed by atoms with Gasteiger partial charge in [0.15, 0.2) is 0 Å². The Balaban J connectivity index is 1.62. The number of amides is 1. The molecule has 0 aliphatic rings. The Bertz CT molecular complexity index is 819. The third-order valence-electron chi connectivity index (χ3n) is 4.33. The summed E-state index contributed by atoms with van der Waals surface area (Å²) in [5.74, 6) is -0.0117. The standard InChI is InChI=1S/C20H24N4O/c1-15-7-9-16(10-8-15)18(23(2)3)13-21-20(25)12-17-14-24-11-5-4-6-19(24)22-17/h4-11,14,18H,12-13H2,1-3H3,(H,21,25)/t18-/m0/s1. The molecule has 0 fully saturated rings. The van der Waals surface area contributed by atoms with E-state index in [1.165, 1.54) is 11.1 Å². The molecule has 1 atom stereocenters. The van der Waals surface area contributed by atoms with E-state index < -0.39 is 0 Å². The van der Waals surface area contributed by atoms with E-state index >= 15 is 0 Å². The minimum absolute atomic E-state index is 0.0117. The summed E-state index contributed by atoms with van der Waals surface area (Å²) in [6, 6.07) is 14.4. The summed E-state index contributed by atoms with van der Waals surface area (Å²) in [5.41, 5.74) is 4.07. The highest BCUT2D eigenvalue weighted by Gasteiger charge is 2.16. The molecule has 5 heteroatoms. The number of nitrogens with one attached hydrogen (secondary N) is 1. The van der Waals surface area contributed by atoms with E-state index in [2.05, 4.69) is 46.4 Å². The van der Waals surface area contributed by atoms with Gasteiger partial charge in [0.1, 0.15) is 5.65 Å². The second kappa shape index (κ2) is 7.49. The van der Waals surface area contributed by atoms with Crippen molar-refractivity contribution >= 4 is 11.6 Å². The maximum atomic E-state index is 12.3. The molecule has 0 aliphatic carbocycles. The van der Waals surface area contributed by atoms with E-state index in [-0.39, 0.29) is 18.4 Å². The summed E-state index contributed by atoms with van der Waals surface area (Å²) in [4.78, 5) is 18.9. The fraction of sp³-hybridized carbons (Fsp3) is 0.300. The van der Waals surface area contributed by atoms with Crippen LogP contribution < -0.4 is 5.32 Å². The highest BCUT2D eigenvalue weighted by atomic mass is 16.1. The first-order valence-electron chi connectivity index (χ1n) is 8.45. The summed E-state index contributed by atoms with van der Waals surface area (Å²) >= 11 is 0. The van der Waals surface area contributed by atoms with E-state index in [9.17, 15) is 4.79 Å². The molecule has 3 rings (SSSR count). The molecule has 0 saturated heterocycles. The molecule has 1 amide bonds. The molecule has 25 heavy (non-hydrogen) atoms. The monoisotopic (exact) mass is 336 g/mol. The third-order valence-corrected chi connectivity index (χ3v) is 4.33. The normalized spacial score (nSPS) is 12.5. The average molecular weight is 336 g/mol. The van der Waals surface area contributed by atoms with Gasteiger partial charge in [0, 0.05) is 18.9 Å². The van der Waals surface area contributed by atoms with Crippen molar-refractivity contribution in [2.75, 3.05) is 20.6 Å². The van der Waals surface area contributed by atoms with Crippen molar-refractivity contribution in [3.8, 4) is 0 Å². The maximum absolute atomic E-state index is 12.3. The number of benzene rings is 1. The molecular formula is C20H24N4O. The number of nitrogens with zero attached hydrogens (tertiary/aromatic N) is 3. The van der Waals surface area contributed by atoms with Gasteiger partial charge in [-0.2, -0.15) is 0 Å². The fourth-order valence-electron chi connectivity index (χ4n) is 2.90. The number of aryl methyl sites for hydroxylation is 1. The van der Waals surface area contributed by atoms with Crippen LogP contribution >= 0.6 is 0 Å². The summed E-state index contributed by atoms with van der Waals surface area (Å²) in [5, 5.41) is 3.04. The largest absolute Gasteiger partial charge is 0.354 e. The van der Waals surface area contributed by atoms with E-state index in [1.54, 1.807) is 0 Å². The molecule has 0 radical (unpaired) electrons. The van der Waals surface area contributed by atoms with Crippen molar-refractivity contribution in [2.24, 2.45) is 0 Å². The van der Waals surface area contributed by atoms with Crippen LogP contribution in [-0.4, -0.2) is 40.8 Å². The Morgan fingerprint density at radius 1 is 1.20 bits per heavy atom. The first-order chi connectivity index (χ1) is 12.0. The van der Waals surface area contributed by atoms with Crippen molar-refractivity contribution in [3.63, 3.8) is 0 Å². The van der Waals surface area contributed by atoms with Crippen LogP contribution in [0, 0.1) is 6.92 Å². The Hall–Kier alpha value is -2.66.